The SMILES string of the molecule is CCC#CC(CC(C)C)OC(=O)CCC(=O)OC(C)C(C)C. The highest BCUT2D eigenvalue weighted by molar-refractivity contribution is 5.77. The standard InChI is InChI=1S/C18H30O4/c1-7-8-9-16(12-13(2)3)22-18(20)11-10-17(19)21-15(6)14(4)5/h13-16H,7,10-12H2,1-6H3. The second-order valence-corrected chi connectivity index (χ2v) is 6.22. The van der Waals surface area contributed by atoms with E-state index in [9.17, 15) is 9.59 Å². The zero-order valence-electron chi connectivity index (χ0n) is 14.8. The number of esters is 2. The smallest absolute Gasteiger partial charge is 0.307 e. The molecule has 0 fully saturated rings. The van der Waals surface area contributed by atoms with Gasteiger partial charge in [0, 0.05) is 6.42 Å². The Labute approximate surface area is 134 Å². The maximum absolute atomic E-state index is 11.8. The maximum atomic E-state index is 11.8. The van der Waals surface area contributed by atoms with Crippen LogP contribution in [0.2, 0.25) is 0 Å². The number of rotatable bonds is 8. The summed E-state index contributed by atoms with van der Waals surface area (Å²) < 4.78 is 10.6. The van der Waals surface area contributed by atoms with Crippen LogP contribution in [0.1, 0.15) is 67.2 Å². The lowest BCUT2D eigenvalue weighted by Gasteiger charge is -2.17. The highest BCUT2D eigenvalue weighted by Gasteiger charge is 2.17. The first-order valence-electron chi connectivity index (χ1n) is 8.13. The lowest BCUT2D eigenvalue weighted by Crippen LogP contribution is -2.22. The summed E-state index contributed by atoms with van der Waals surface area (Å²) in [7, 11) is 0. The van der Waals surface area contributed by atoms with Gasteiger partial charge in [0.15, 0.2) is 6.10 Å². The van der Waals surface area contributed by atoms with Crippen molar-refractivity contribution < 1.29 is 19.1 Å². The van der Waals surface area contributed by atoms with Gasteiger partial charge in [0.2, 0.25) is 0 Å². The average Bonchev–Trinajstić information content (AvgIpc) is 2.41. The molecule has 22 heavy (non-hydrogen) atoms. The minimum atomic E-state index is -0.398. The molecule has 2 unspecified atom stereocenters. The van der Waals surface area contributed by atoms with E-state index in [0.717, 1.165) is 6.42 Å². The van der Waals surface area contributed by atoms with Crippen LogP contribution in [0.15, 0.2) is 0 Å². The molecule has 0 saturated heterocycles. The predicted molar refractivity (Wildman–Crippen MR) is 87.0 cm³/mol. The van der Waals surface area contributed by atoms with Gasteiger partial charge < -0.3 is 9.47 Å². The second-order valence-electron chi connectivity index (χ2n) is 6.22. The molecule has 126 valence electrons. The first kappa shape index (κ1) is 20.5. The molecule has 2 atom stereocenters. The van der Waals surface area contributed by atoms with Crippen molar-refractivity contribution in [1.82, 2.24) is 0 Å². The Kier molecular flexibility index (Phi) is 10.4. The van der Waals surface area contributed by atoms with Crippen LogP contribution in [0.5, 0.6) is 0 Å². The van der Waals surface area contributed by atoms with Gasteiger partial charge in [0.25, 0.3) is 0 Å². The van der Waals surface area contributed by atoms with Crippen LogP contribution in [0, 0.1) is 23.7 Å². The summed E-state index contributed by atoms with van der Waals surface area (Å²) >= 11 is 0. The highest BCUT2D eigenvalue weighted by atomic mass is 16.5. The summed E-state index contributed by atoms with van der Waals surface area (Å²) in [5.41, 5.74) is 0. The van der Waals surface area contributed by atoms with Crippen LogP contribution in [-0.2, 0) is 19.1 Å². The molecule has 0 saturated carbocycles. The summed E-state index contributed by atoms with van der Waals surface area (Å²) in [6.07, 6.45) is 0.974. The van der Waals surface area contributed by atoms with Crippen molar-refractivity contribution in [3.63, 3.8) is 0 Å². The predicted octanol–water partition coefficient (Wildman–Crippen LogP) is 3.73. The van der Waals surface area contributed by atoms with Gasteiger partial charge in [-0.1, -0.05) is 46.5 Å². The molecule has 0 rings (SSSR count). The molecule has 0 aliphatic rings. The molecule has 0 amide bonds. The number of carbonyl (C=O) groups excluding carboxylic acids is 2. The number of hydrogen-bond acceptors (Lipinski definition) is 4. The first-order valence-corrected chi connectivity index (χ1v) is 8.13. The fraction of sp³-hybridized carbons (Fsp3) is 0.778. The lowest BCUT2D eigenvalue weighted by molar-refractivity contribution is -0.155. The van der Waals surface area contributed by atoms with Gasteiger partial charge in [0.1, 0.15) is 6.10 Å². The van der Waals surface area contributed by atoms with E-state index in [0.29, 0.717) is 12.3 Å². The Morgan fingerprint density at radius 3 is 1.95 bits per heavy atom. The molecule has 0 N–H and O–H groups in total. The summed E-state index contributed by atoms with van der Waals surface area (Å²) in [5, 5.41) is 0. The normalized spacial score (nSPS) is 13.3. The lowest BCUT2D eigenvalue weighted by atomic mass is 10.1. The van der Waals surface area contributed by atoms with Crippen LogP contribution in [0.3, 0.4) is 0 Å². The van der Waals surface area contributed by atoms with E-state index >= 15 is 0 Å². The molecule has 0 bridgehead atoms. The Hall–Kier alpha value is -1.50. The summed E-state index contributed by atoms with van der Waals surface area (Å²) in [5.74, 6) is 5.79. The van der Waals surface area contributed by atoms with E-state index in [-0.39, 0.29) is 30.8 Å². The molecule has 0 spiro atoms. The van der Waals surface area contributed by atoms with E-state index in [1.165, 1.54) is 0 Å². The molecule has 0 radical (unpaired) electrons. The van der Waals surface area contributed by atoms with E-state index < -0.39 is 12.1 Å². The number of carbonyl (C=O) groups is 2. The Morgan fingerprint density at radius 2 is 1.50 bits per heavy atom. The van der Waals surface area contributed by atoms with E-state index in [2.05, 4.69) is 25.7 Å². The summed E-state index contributed by atoms with van der Waals surface area (Å²) in [6, 6.07) is 0. The van der Waals surface area contributed by atoms with E-state index in [1.807, 2.05) is 27.7 Å². The maximum Gasteiger partial charge on any atom is 0.307 e. The van der Waals surface area contributed by atoms with Crippen LogP contribution in [-0.4, -0.2) is 24.1 Å². The third kappa shape index (κ3) is 10.3. The van der Waals surface area contributed by atoms with Gasteiger partial charge in [-0.15, -0.1) is 0 Å². The van der Waals surface area contributed by atoms with Gasteiger partial charge in [-0.05, 0) is 25.2 Å². The fourth-order valence-corrected chi connectivity index (χ4v) is 1.60. The van der Waals surface area contributed by atoms with Crippen molar-refractivity contribution in [3.05, 3.63) is 0 Å². The Morgan fingerprint density at radius 1 is 0.955 bits per heavy atom. The van der Waals surface area contributed by atoms with Crippen molar-refractivity contribution in [2.75, 3.05) is 0 Å². The van der Waals surface area contributed by atoms with E-state index in [4.69, 9.17) is 9.47 Å². The molecular weight excluding hydrogens is 280 g/mol. The first-order chi connectivity index (χ1) is 10.3. The monoisotopic (exact) mass is 310 g/mol. The molecular formula is C18H30O4. The quantitative estimate of drug-likeness (QED) is 0.506. The van der Waals surface area contributed by atoms with Crippen molar-refractivity contribution >= 4 is 11.9 Å². The molecule has 4 heteroatoms. The Balaban J connectivity index is 4.26. The van der Waals surface area contributed by atoms with Crippen LogP contribution in [0.4, 0.5) is 0 Å². The largest absolute Gasteiger partial charge is 0.462 e. The third-order valence-electron chi connectivity index (χ3n) is 3.19. The van der Waals surface area contributed by atoms with Crippen molar-refractivity contribution in [1.29, 1.82) is 0 Å². The van der Waals surface area contributed by atoms with Crippen LogP contribution in [0.25, 0.3) is 0 Å². The van der Waals surface area contributed by atoms with Crippen LogP contribution >= 0.6 is 0 Å². The third-order valence-corrected chi connectivity index (χ3v) is 3.19. The van der Waals surface area contributed by atoms with Gasteiger partial charge >= 0.3 is 11.9 Å². The van der Waals surface area contributed by atoms with Crippen molar-refractivity contribution in [3.8, 4) is 11.8 Å². The summed E-state index contributed by atoms with van der Waals surface area (Å²) in [6.45, 7) is 11.9. The average molecular weight is 310 g/mol. The number of ether oxygens (including phenoxy) is 2. The van der Waals surface area contributed by atoms with Gasteiger partial charge in [-0.3, -0.25) is 9.59 Å². The van der Waals surface area contributed by atoms with Crippen molar-refractivity contribution in [2.24, 2.45) is 11.8 Å². The molecule has 0 aromatic rings. The van der Waals surface area contributed by atoms with Gasteiger partial charge in [-0.25, -0.2) is 0 Å². The number of hydrogen-bond donors (Lipinski definition) is 0. The molecule has 0 aliphatic heterocycles. The molecule has 0 aromatic carbocycles. The minimum Gasteiger partial charge on any atom is -0.462 e. The Bertz CT molecular complexity index is 401. The molecule has 0 aliphatic carbocycles. The zero-order valence-corrected chi connectivity index (χ0v) is 14.8. The molecule has 0 heterocycles. The molecule has 0 aromatic heterocycles. The van der Waals surface area contributed by atoms with Gasteiger partial charge in [-0.2, -0.15) is 0 Å². The zero-order chi connectivity index (χ0) is 17.1. The summed E-state index contributed by atoms with van der Waals surface area (Å²) in [4.78, 5) is 23.5. The van der Waals surface area contributed by atoms with E-state index in [1.54, 1.807) is 0 Å². The topological polar surface area (TPSA) is 52.6 Å². The van der Waals surface area contributed by atoms with Crippen molar-refractivity contribution in [2.45, 2.75) is 79.4 Å². The highest BCUT2D eigenvalue weighted by Crippen LogP contribution is 2.11. The second kappa shape index (κ2) is 11.1. The fourth-order valence-electron chi connectivity index (χ4n) is 1.60. The van der Waals surface area contributed by atoms with Crippen LogP contribution < -0.4 is 0 Å². The van der Waals surface area contributed by atoms with Gasteiger partial charge in [0.05, 0.1) is 12.8 Å². The molecule has 4 nitrogen and oxygen atoms in total. The minimum absolute atomic E-state index is 0.0338.